The SMILES string of the molecule is Cc1ccccc1CC(=O)Nc1ccc(Br)cc1C(=O)O. The molecule has 0 saturated carbocycles. The van der Waals surface area contributed by atoms with Gasteiger partial charge in [0.2, 0.25) is 5.91 Å². The van der Waals surface area contributed by atoms with E-state index < -0.39 is 5.97 Å². The lowest BCUT2D eigenvalue weighted by atomic mass is 10.1. The lowest BCUT2D eigenvalue weighted by Crippen LogP contribution is -2.17. The molecule has 0 aliphatic rings. The van der Waals surface area contributed by atoms with Crippen molar-refractivity contribution in [3.05, 3.63) is 63.6 Å². The van der Waals surface area contributed by atoms with Gasteiger partial charge in [-0.05, 0) is 36.2 Å². The molecule has 1 amide bonds. The van der Waals surface area contributed by atoms with Gasteiger partial charge in [-0.2, -0.15) is 0 Å². The van der Waals surface area contributed by atoms with Crippen LogP contribution in [0.15, 0.2) is 46.9 Å². The third-order valence-corrected chi connectivity index (χ3v) is 3.59. The van der Waals surface area contributed by atoms with Crippen molar-refractivity contribution in [2.24, 2.45) is 0 Å². The molecule has 0 aliphatic carbocycles. The first kappa shape index (κ1) is 15.3. The summed E-state index contributed by atoms with van der Waals surface area (Å²) in [4.78, 5) is 23.3. The van der Waals surface area contributed by atoms with E-state index in [4.69, 9.17) is 5.11 Å². The second-order valence-corrected chi connectivity index (χ2v) is 5.56. The first-order valence-corrected chi connectivity index (χ1v) is 7.14. The highest BCUT2D eigenvalue weighted by molar-refractivity contribution is 9.10. The summed E-state index contributed by atoms with van der Waals surface area (Å²) in [6.45, 7) is 1.94. The Morgan fingerprint density at radius 1 is 1.19 bits per heavy atom. The fourth-order valence-electron chi connectivity index (χ4n) is 1.98. The molecule has 0 fully saturated rings. The fraction of sp³-hybridized carbons (Fsp3) is 0.125. The summed E-state index contributed by atoms with van der Waals surface area (Å²) in [5.41, 5.74) is 2.30. The Bertz CT molecular complexity index is 698. The van der Waals surface area contributed by atoms with E-state index in [0.717, 1.165) is 11.1 Å². The van der Waals surface area contributed by atoms with Gasteiger partial charge in [0.05, 0.1) is 17.7 Å². The van der Waals surface area contributed by atoms with E-state index in [9.17, 15) is 9.59 Å². The molecule has 5 heteroatoms. The number of anilines is 1. The van der Waals surface area contributed by atoms with Crippen LogP contribution < -0.4 is 5.32 Å². The zero-order valence-electron chi connectivity index (χ0n) is 11.4. The van der Waals surface area contributed by atoms with Crippen LogP contribution >= 0.6 is 15.9 Å². The second kappa shape index (κ2) is 6.54. The highest BCUT2D eigenvalue weighted by Gasteiger charge is 2.13. The van der Waals surface area contributed by atoms with Crippen molar-refractivity contribution >= 4 is 33.5 Å². The Balaban J connectivity index is 2.17. The van der Waals surface area contributed by atoms with Crippen LogP contribution in [0, 0.1) is 6.92 Å². The molecule has 0 aliphatic heterocycles. The molecule has 108 valence electrons. The van der Waals surface area contributed by atoms with Gasteiger partial charge in [0.25, 0.3) is 0 Å². The van der Waals surface area contributed by atoms with Gasteiger partial charge < -0.3 is 10.4 Å². The number of aromatic carboxylic acids is 1. The molecule has 0 unspecified atom stereocenters. The number of carboxylic acid groups (broad SMARTS) is 1. The van der Waals surface area contributed by atoms with Gasteiger partial charge in [-0.15, -0.1) is 0 Å². The topological polar surface area (TPSA) is 66.4 Å². The summed E-state index contributed by atoms with van der Waals surface area (Å²) in [6.07, 6.45) is 0.210. The van der Waals surface area contributed by atoms with Crippen molar-refractivity contribution in [2.75, 3.05) is 5.32 Å². The quantitative estimate of drug-likeness (QED) is 0.887. The molecule has 2 N–H and O–H groups in total. The van der Waals surface area contributed by atoms with Crippen molar-refractivity contribution in [1.82, 2.24) is 0 Å². The minimum atomic E-state index is -1.08. The summed E-state index contributed by atoms with van der Waals surface area (Å²) in [5, 5.41) is 11.8. The van der Waals surface area contributed by atoms with Crippen LogP contribution in [0.25, 0.3) is 0 Å². The van der Waals surface area contributed by atoms with Crippen LogP contribution in [0.1, 0.15) is 21.5 Å². The lowest BCUT2D eigenvalue weighted by Gasteiger charge is -2.10. The molecule has 0 spiro atoms. The molecule has 21 heavy (non-hydrogen) atoms. The maximum Gasteiger partial charge on any atom is 0.337 e. The van der Waals surface area contributed by atoms with Crippen LogP contribution in [0.2, 0.25) is 0 Å². The maximum atomic E-state index is 12.1. The summed E-state index contributed by atoms with van der Waals surface area (Å²) in [7, 11) is 0. The molecule has 0 bridgehead atoms. The van der Waals surface area contributed by atoms with E-state index in [1.165, 1.54) is 6.07 Å². The van der Waals surface area contributed by atoms with Crippen molar-refractivity contribution in [3.8, 4) is 0 Å². The Hall–Kier alpha value is -2.14. The van der Waals surface area contributed by atoms with Gasteiger partial charge in [-0.25, -0.2) is 4.79 Å². The zero-order valence-corrected chi connectivity index (χ0v) is 13.0. The lowest BCUT2D eigenvalue weighted by molar-refractivity contribution is -0.115. The van der Waals surface area contributed by atoms with E-state index >= 15 is 0 Å². The number of carbonyl (C=O) groups excluding carboxylic acids is 1. The molecule has 4 nitrogen and oxygen atoms in total. The maximum absolute atomic E-state index is 12.1. The predicted molar refractivity (Wildman–Crippen MR) is 84.6 cm³/mol. The average molecular weight is 348 g/mol. The molecule has 2 aromatic rings. The summed E-state index contributed by atoms with van der Waals surface area (Å²) < 4.78 is 0.650. The number of carbonyl (C=O) groups is 2. The zero-order chi connectivity index (χ0) is 15.4. The van der Waals surface area contributed by atoms with Crippen molar-refractivity contribution < 1.29 is 14.7 Å². The molecule has 0 heterocycles. The van der Waals surface area contributed by atoms with Gasteiger partial charge in [0.1, 0.15) is 0 Å². The molecular formula is C16H14BrNO3. The summed E-state index contributed by atoms with van der Waals surface area (Å²) in [6, 6.07) is 12.3. The number of aryl methyl sites for hydroxylation is 1. The largest absolute Gasteiger partial charge is 0.478 e. The Labute approximate surface area is 130 Å². The number of hydrogen-bond acceptors (Lipinski definition) is 2. The number of nitrogens with one attached hydrogen (secondary N) is 1. The van der Waals surface area contributed by atoms with Crippen molar-refractivity contribution in [1.29, 1.82) is 0 Å². The van der Waals surface area contributed by atoms with Crippen LogP contribution in [-0.2, 0) is 11.2 Å². The van der Waals surface area contributed by atoms with Crippen LogP contribution in [0.4, 0.5) is 5.69 Å². The number of amides is 1. The van der Waals surface area contributed by atoms with E-state index in [2.05, 4.69) is 21.2 Å². The first-order valence-electron chi connectivity index (χ1n) is 6.34. The van der Waals surface area contributed by atoms with E-state index in [1.54, 1.807) is 12.1 Å². The Kier molecular flexibility index (Phi) is 4.75. The molecule has 2 aromatic carbocycles. The number of benzene rings is 2. The Morgan fingerprint density at radius 3 is 2.57 bits per heavy atom. The molecular weight excluding hydrogens is 334 g/mol. The van der Waals surface area contributed by atoms with Crippen LogP contribution in [0.3, 0.4) is 0 Å². The fourth-order valence-corrected chi connectivity index (χ4v) is 2.34. The second-order valence-electron chi connectivity index (χ2n) is 4.65. The number of rotatable bonds is 4. The van der Waals surface area contributed by atoms with Gasteiger partial charge in [0.15, 0.2) is 0 Å². The third kappa shape index (κ3) is 3.92. The van der Waals surface area contributed by atoms with Gasteiger partial charge in [-0.3, -0.25) is 4.79 Å². The molecule has 0 saturated heterocycles. The number of hydrogen-bond donors (Lipinski definition) is 2. The average Bonchev–Trinajstić information content (AvgIpc) is 2.43. The minimum Gasteiger partial charge on any atom is -0.478 e. The van der Waals surface area contributed by atoms with E-state index in [-0.39, 0.29) is 17.9 Å². The molecule has 2 rings (SSSR count). The smallest absolute Gasteiger partial charge is 0.337 e. The standard InChI is InChI=1S/C16H14BrNO3/c1-10-4-2-3-5-11(10)8-15(19)18-14-7-6-12(17)9-13(14)16(20)21/h2-7,9H,8H2,1H3,(H,18,19)(H,20,21). The predicted octanol–water partition coefficient (Wildman–Crippen LogP) is 3.64. The third-order valence-electron chi connectivity index (χ3n) is 3.10. The number of halogens is 1. The highest BCUT2D eigenvalue weighted by atomic mass is 79.9. The van der Waals surface area contributed by atoms with Gasteiger partial charge in [0, 0.05) is 4.47 Å². The minimum absolute atomic E-state index is 0.0579. The normalized spacial score (nSPS) is 10.2. The van der Waals surface area contributed by atoms with Crippen molar-refractivity contribution in [3.63, 3.8) is 0 Å². The van der Waals surface area contributed by atoms with Crippen molar-refractivity contribution in [2.45, 2.75) is 13.3 Å². The summed E-state index contributed by atoms with van der Waals surface area (Å²) >= 11 is 3.22. The van der Waals surface area contributed by atoms with Gasteiger partial charge in [-0.1, -0.05) is 40.2 Å². The monoisotopic (exact) mass is 347 g/mol. The first-order chi connectivity index (χ1) is 9.97. The van der Waals surface area contributed by atoms with E-state index in [0.29, 0.717) is 10.2 Å². The molecule has 0 aromatic heterocycles. The highest BCUT2D eigenvalue weighted by Crippen LogP contribution is 2.21. The molecule has 0 atom stereocenters. The van der Waals surface area contributed by atoms with E-state index in [1.807, 2.05) is 31.2 Å². The number of carboxylic acids is 1. The summed E-state index contributed by atoms with van der Waals surface area (Å²) in [5.74, 6) is -1.32. The van der Waals surface area contributed by atoms with Gasteiger partial charge >= 0.3 is 5.97 Å². The molecule has 0 radical (unpaired) electrons. The van der Waals surface area contributed by atoms with Crippen LogP contribution in [0.5, 0.6) is 0 Å². The van der Waals surface area contributed by atoms with Crippen LogP contribution in [-0.4, -0.2) is 17.0 Å². The Morgan fingerprint density at radius 2 is 1.90 bits per heavy atom.